The molecule has 0 saturated carbocycles. The Hall–Kier alpha value is -0.670. The molecule has 1 saturated heterocycles. The fraction of sp³-hybridized carbons (Fsp3) is 0.889. The standard InChI is InChI=1S/C9H15F2NO/c1-6(2)7(10)8(13)12-4-9(3,11)5-12/h6-7H,4-5H2,1-3H3. The minimum absolute atomic E-state index is 0.0268. The third kappa shape index (κ3) is 2.17. The van der Waals surface area contributed by atoms with Crippen LogP contribution in [0.2, 0.25) is 0 Å². The van der Waals surface area contributed by atoms with Crippen molar-refractivity contribution in [3.63, 3.8) is 0 Å². The minimum atomic E-state index is -1.49. The van der Waals surface area contributed by atoms with Crippen molar-refractivity contribution in [3.8, 4) is 0 Å². The summed E-state index contributed by atoms with van der Waals surface area (Å²) in [7, 11) is 0. The highest BCUT2D eigenvalue weighted by Crippen LogP contribution is 2.26. The van der Waals surface area contributed by atoms with Crippen molar-refractivity contribution in [2.24, 2.45) is 5.92 Å². The molecule has 4 heteroatoms. The summed E-state index contributed by atoms with van der Waals surface area (Å²) in [6.45, 7) is 4.74. The maximum Gasteiger partial charge on any atom is 0.257 e. The molecule has 0 aromatic carbocycles. The summed E-state index contributed by atoms with van der Waals surface area (Å²) in [5.41, 5.74) is -1.31. The van der Waals surface area contributed by atoms with E-state index in [-0.39, 0.29) is 19.0 Å². The van der Waals surface area contributed by atoms with Gasteiger partial charge in [0.2, 0.25) is 0 Å². The van der Waals surface area contributed by atoms with Crippen molar-refractivity contribution < 1.29 is 13.6 Å². The second-order valence-electron chi connectivity index (χ2n) is 4.25. The first kappa shape index (κ1) is 10.4. The fourth-order valence-corrected chi connectivity index (χ4v) is 1.37. The van der Waals surface area contributed by atoms with Crippen LogP contribution in [0.25, 0.3) is 0 Å². The number of rotatable bonds is 2. The van der Waals surface area contributed by atoms with Gasteiger partial charge in [0, 0.05) is 0 Å². The molecule has 1 heterocycles. The zero-order valence-electron chi connectivity index (χ0n) is 8.18. The Morgan fingerprint density at radius 2 is 1.92 bits per heavy atom. The number of nitrogens with zero attached hydrogens (tertiary/aromatic N) is 1. The van der Waals surface area contributed by atoms with Crippen LogP contribution in [0.1, 0.15) is 20.8 Å². The van der Waals surface area contributed by atoms with Crippen LogP contribution in [0.15, 0.2) is 0 Å². The second kappa shape index (κ2) is 3.24. The highest BCUT2D eigenvalue weighted by molar-refractivity contribution is 5.82. The van der Waals surface area contributed by atoms with E-state index in [4.69, 9.17) is 0 Å². The number of carbonyl (C=O) groups is 1. The second-order valence-corrected chi connectivity index (χ2v) is 4.25. The maximum atomic E-state index is 13.1. The van der Waals surface area contributed by atoms with E-state index in [0.29, 0.717) is 0 Å². The molecule has 1 atom stereocenters. The monoisotopic (exact) mass is 191 g/mol. The SMILES string of the molecule is CC(C)C(F)C(=O)N1CC(C)(F)C1. The van der Waals surface area contributed by atoms with Gasteiger partial charge in [-0.2, -0.15) is 0 Å². The minimum Gasteiger partial charge on any atom is -0.334 e. The Morgan fingerprint density at radius 3 is 2.23 bits per heavy atom. The number of halogens is 2. The van der Waals surface area contributed by atoms with Crippen molar-refractivity contribution in [2.75, 3.05) is 13.1 Å². The molecule has 2 nitrogen and oxygen atoms in total. The highest BCUT2D eigenvalue weighted by Gasteiger charge is 2.43. The first-order valence-corrected chi connectivity index (χ1v) is 4.45. The van der Waals surface area contributed by atoms with Crippen LogP contribution in [-0.4, -0.2) is 35.7 Å². The first-order valence-electron chi connectivity index (χ1n) is 4.45. The van der Waals surface area contributed by atoms with Crippen molar-refractivity contribution in [3.05, 3.63) is 0 Å². The Labute approximate surface area is 76.9 Å². The summed E-state index contributed by atoms with van der Waals surface area (Å²) < 4.78 is 26.1. The lowest BCUT2D eigenvalue weighted by Gasteiger charge is -2.43. The zero-order valence-corrected chi connectivity index (χ0v) is 8.18. The lowest BCUT2D eigenvalue weighted by molar-refractivity contribution is -0.151. The smallest absolute Gasteiger partial charge is 0.257 e. The molecule has 1 unspecified atom stereocenters. The summed E-state index contributed by atoms with van der Waals surface area (Å²) in [5.74, 6) is -0.913. The average Bonchev–Trinajstić information content (AvgIpc) is 1.97. The van der Waals surface area contributed by atoms with Gasteiger partial charge in [0.1, 0.15) is 5.67 Å². The van der Waals surface area contributed by atoms with Crippen molar-refractivity contribution >= 4 is 5.91 Å². The van der Waals surface area contributed by atoms with Crippen LogP contribution in [0, 0.1) is 5.92 Å². The molecular formula is C9H15F2NO. The molecule has 0 radical (unpaired) electrons. The number of amides is 1. The van der Waals surface area contributed by atoms with Crippen LogP contribution in [-0.2, 0) is 4.79 Å². The van der Waals surface area contributed by atoms with Gasteiger partial charge in [-0.3, -0.25) is 4.79 Å². The van der Waals surface area contributed by atoms with Crippen molar-refractivity contribution in [1.82, 2.24) is 4.90 Å². The van der Waals surface area contributed by atoms with Gasteiger partial charge in [-0.1, -0.05) is 13.8 Å². The Bertz CT molecular complexity index is 208. The molecule has 76 valence electrons. The molecule has 0 bridgehead atoms. The predicted octanol–water partition coefficient (Wildman–Crippen LogP) is 1.55. The molecule has 0 spiro atoms. The summed E-state index contributed by atoms with van der Waals surface area (Å²) in [4.78, 5) is 12.5. The third-order valence-electron chi connectivity index (χ3n) is 2.17. The molecule has 1 aliphatic rings. The summed E-state index contributed by atoms with van der Waals surface area (Å²) in [5, 5.41) is 0. The quantitative estimate of drug-likeness (QED) is 0.648. The lowest BCUT2D eigenvalue weighted by atomic mass is 9.97. The van der Waals surface area contributed by atoms with Gasteiger partial charge in [0.25, 0.3) is 5.91 Å². The Kier molecular flexibility index (Phi) is 2.59. The van der Waals surface area contributed by atoms with Gasteiger partial charge >= 0.3 is 0 Å². The Morgan fingerprint density at radius 1 is 1.46 bits per heavy atom. The van der Waals surface area contributed by atoms with Gasteiger partial charge < -0.3 is 4.90 Å². The van der Waals surface area contributed by atoms with Gasteiger partial charge in [-0.15, -0.1) is 0 Å². The molecule has 0 aliphatic carbocycles. The van der Waals surface area contributed by atoms with Crippen molar-refractivity contribution in [2.45, 2.75) is 32.6 Å². The number of alkyl halides is 2. The third-order valence-corrected chi connectivity index (χ3v) is 2.17. The lowest BCUT2D eigenvalue weighted by Crippen LogP contribution is -2.61. The van der Waals surface area contributed by atoms with Crippen LogP contribution < -0.4 is 0 Å². The molecular weight excluding hydrogens is 176 g/mol. The van der Waals surface area contributed by atoms with E-state index < -0.39 is 17.7 Å². The van der Waals surface area contributed by atoms with Crippen LogP contribution >= 0.6 is 0 Å². The molecule has 1 rings (SSSR count). The number of likely N-dealkylation sites (tertiary alicyclic amines) is 1. The van der Waals surface area contributed by atoms with Crippen LogP contribution in [0.5, 0.6) is 0 Å². The largest absolute Gasteiger partial charge is 0.334 e. The van der Waals surface area contributed by atoms with Crippen molar-refractivity contribution in [1.29, 1.82) is 0 Å². The first-order chi connectivity index (χ1) is 5.83. The van der Waals surface area contributed by atoms with E-state index in [1.54, 1.807) is 13.8 Å². The molecule has 0 aromatic rings. The molecule has 1 fully saturated rings. The summed E-state index contributed by atoms with van der Waals surface area (Å²) >= 11 is 0. The average molecular weight is 191 g/mol. The van der Waals surface area contributed by atoms with Gasteiger partial charge in [0.05, 0.1) is 13.1 Å². The van der Waals surface area contributed by atoms with E-state index in [9.17, 15) is 13.6 Å². The normalized spacial score (nSPS) is 22.8. The van der Waals surface area contributed by atoms with Gasteiger partial charge in [-0.05, 0) is 12.8 Å². The summed E-state index contributed by atoms with van der Waals surface area (Å²) in [6.07, 6.45) is -1.49. The highest BCUT2D eigenvalue weighted by atomic mass is 19.1. The number of hydrogen-bond donors (Lipinski definition) is 0. The summed E-state index contributed by atoms with van der Waals surface area (Å²) in [6, 6.07) is 0. The van der Waals surface area contributed by atoms with Crippen LogP contribution in [0.4, 0.5) is 8.78 Å². The predicted molar refractivity (Wildman–Crippen MR) is 45.8 cm³/mol. The molecule has 13 heavy (non-hydrogen) atoms. The van der Waals surface area contributed by atoms with Gasteiger partial charge in [-0.25, -0.2) is 8.78 Å². The molecule has 0 N–H and O–H groups in total. The Balaban J connectivity index is 2.43. The van der Waals surface area contributed by atoms with E-state index in [1.165, 1.54) is 11.8 Å². The molecule has 1 aliphatic heterocycles. The van der Waals surface area contributed by atoms with E-state index in [0.717, 1.165) is 0 Å². The number of carbonyl (C=O) groups excluding carboxylic acids is 1. The molecule has 0 aromatic heterocycles. The number of hydrogen-bond acceptors (Lipinski definition) is 1. The fourth-order valence-electron chi connectivity index (χ4n) is 1.37. The van der Waals surface area contributed by atoms with E-state index >= 15 is 0 Å². The van der Waals surface area contributed by atoms with Crippen LogP contribution in [0.3, 0.4) is 0 Å². The van der Waals surface area contributed by atoms with Gasteiger partial charge in [0.15, 0.2) is 6.17 Å². The van der Waals surface area contributed by atoms with E-state index in [2.05, 4.69) is 0 Å². The molecule has 1 amide bonds. The zero-order chi connectivity index (χ0) is 10.2. The topological polar surface area (TPSA) is 20.3 Å². The van der Waals surface area contributed by atoms with E-state index in [1.807, 2.05) is 0 Å². The maximum absolute atomic E-state index is 13.1.